The molecule has 0 spiro atoms. The standard InChI is InChI=1S/C20H21N3O5S/c24-16(9-14-7-4-8-21-19(26)18(14)25)17(15-10-22-29-12-15)23-20(27)28-11-13-5-2-1-3-6-13/h1-3,5-6,10,12,14,17H,4,7-9,11H2,(H,21,26)(H,23,27). The number of carbonyl (C=O) groups is 4. The first-order valence-electron chi connectivity index (χ1n) is 9.26. The molecule has 1 fully saturated rings. The van der Waals surface area contributed by atoms with Crippen LogP contribution in [-0.2, 0) is 25.7 Å². The largest absolute Gasteiger partial charge is 0.445 e. The summed E-state index contributed by atoms with van der Waals surface area (Å²) in [5.74, 6) is -2.31. The zero-order valence-corrected chi connectivity index (χ0v) is 16.4. The van der Waals surface area contributed by atoms with Crippen molar-refractivity contribution < 1.29 is 23.9 Å². The summed E-state index contributed by atoms with van der Waals surface area (Å²) in [6.45, 7) is 0.480. The van der Waals surface area contributed by atoms with Gasteiger partial charge in [-0.05, 0) is 29.9 Å². The molecule has 1 aromatic carbocycles. The minimum atomic E-state index is -0.990. The Labute approximate surface area is 171 Å². The van der Waals surface area contributed by atoms with Gasteiger partial charge in [-0.3, -0.25) is 14.4 Å². The molecular formula is C20H21N3O5S. The van der Waals surface area contributed by atoms with Crippen molar-refractivity contribution in [1.29, 1.82) is 0 Å². The van der Waals surface area contributed by atoms with Crippen molar-refractivity contribution in [3.05, 3.63) is 53.0 Å². The number of nitrogens with one attached hydrogen (secondary N) is 2. The smallest absolute Gasteiger partial charge is 0.408 e. The van der Waals surface area contributed by atoms with E-state index in [1.54, 1.807) is 5.38 Å². The highest BCUT2D eigenvalue weighted by Crippen LogP contribution is 2.23. The second kappa shape index (κ2) is 9.92. The molecule has 1 aromatic heterocycles. The molecule has 2 heterocycles. The molecule has 1 saturated heterocycles. The number of aromatic nitrogens is 1. The van der Waals surface area contributed by atoms with Crippen molar-refractivity contribution in [2.45, 2.75) is 31.9 Å². The van der Waals surface area contributed by atoms with Crippen LogP contribution in [-0.4, -0.2) is 34.5 Å². The topological polar surface area (TPSA) is 114 Å². The van der Waals surface area contributed by atoms with Crippen LogP contribution in [0.1, 0.15) is 36.4 Å². The fraction of sp³-hybridized carbons (Fsp3) is 0.350. The highest BCUT2D eigenvalue weighted by molar-refractivity contribution is 7.03. The Morgan fingerprint density at radius 2 is 2.07 bits per heavy atom. The number of ether oxygens (including phenoxy) is 1. The molecule has 29 heavy (non-hydrogen) atoms. The Bertz CT molecular complexity index is 870. The summed E-state index contributed by atoms with van der Waals surface area (Å²) < 4.78 is 9.19. The van der Waals surface area contributed by atoms with Crippen molar-refractivity contribution >= 4 is 35.1 Å². The molecule has 2 aromatic rings. The van der Waals surface area contributed by atoms with E-state index < -0.39 is 29.7 Å². The first-order valence-corrected chi connectivity index (χ1v) is 10.1. The zero-order chi connectivity index (χ0) is 20.6. The van der Waals surface area contributed by atoms with E-state index in [0.29, 0.717) is 24.9 Å². The van der Waals surface area contributed by atoms with Crippen LogP contribution in [0.15, 0.2) is 41.9 Å². The predicted octanol–water partition coefficient (Wildman–Crippen LogP) is 2.17. The van der Waals surface area contributed by atoms with Gasteiger partial charge in [0.1, 0.15) is 12.6 Å². The Morgan fingerprint density at radius 3 is 2.79 bits per heavy atom. The lowest BCUT2D eigenvalue weighted by molar-refractivity contribution is -0.140. The minimum Gasteiger partial charge on any atom is -0.445 e. The van der Waals surface area contributed by atoms with Gasteiger partial charge >= 0.3 is 6.09 Å². The second-order valence-corrected chi connectivity index (χ2v) is 7.38. The minimum absolute atomic E-state index is 0.0662. The van der Waals surface area contributed by atoms with Gasteiger partial charge in [0.05, 0.1) is 0 Å². The van der Waals surface area contributed by atoms with Crippen LogP contribution in [0.4, 0.5) is 4.79 Å². The summed E-state index contributed by atoms with van der Waals surface area (Å²) in [6, 6.07) is 8.18. The Hall–Kier alpha value is -3.07. The molecule has 1 aliphatic rings. The van der Waals surface area contributed by atoms with Gasteiger partial charge in [0.2, 0.25) is 5.78 Å². The monoisotopic (exact) mass is 415 g/mol. The third-order valence-corrected chi connectivity index (χ3v) is 5.24. The fourth-order valence-electron chi connectivity index (χ4n) is 3.10. The van der Waals surface area contributed by atoms with E-state index in [-0.39, 0.29) is 18.8 Å². The van der Waals surface area contributed by atoms with E-state index in [1.165, 1.54) is 6.20 Å². The third-order valence-electron chi connectivity index (χ3n) is 4.64. The molecule has 0 aliphatic carbocycles. The second-order valence-electron chi connectivity index (χ2n) is 6.73. The maximum Gasteiger partial charge on any atom is 0.408 e. The summed E-state index contributed by atoms with van der Waals surface area (Å²) in [6.07, 6.45) is 1.67. The molecular weight excluding hydrogens is 394 g/mol. The summed E-state index contributed by atoms with van der Waals surface area (Å²) in [5, 5.41) is 6.74. The number of amides is 2. The molecule has 2 unspecified atom stereocenters. The predicted molar refractivity (Wildman–Crippen MR) is 105 cm³/mol. The number of hydrogen-bond acceptors (Lipinski definition) is 7. The maximum atomic E-state index is 12.9. The maximum absolute atomic E-state index is 12.9. The number of hydrogen-bond donors (Lipinski definition) is 2. The summed E-state index contributed by atoms with van der Waals surface area (Å²) in [4.78, 5) is 49.1. The lowest BCUT2D eigenvalue weighted by Gasteiger charge is -2.19. The van der Waals surface area contributed by atoms with Crippen LogP contribution in [0.25, 0.3) is 0 Å². The fourth-order valence-corrected chi connectivity index (χ4v) is 3.66. The Morgan fingerprint density at radius 1 is 1.28 bits per heavy atom. The van der Waals surface area contributed by atoms with Crippen molar-refractivity contribution in [3.63, 3.8) is 0 Å². The van der Waals surface area contributed by atoms with Crippen LogP contribution in [0, 0.1) is 5.92 Å². The first kappa shape index (κ1) is 20.7. The molecule has 152 valence electrons. The van der Waals surface area contributed by atoms with E-state index >= 15 is 0 Å². The van der Waals surface area contributed by atoms with Crippen LogP contribution in [0.2, 0.25) is 0 Å². The SMILES string of the molecule is O=C(NC(C(=O)CC1CCCNC(=O)C1=O)c1cnsc1)OCc1ccccc1. The van der Waals surface area contributed by atoms with Crippen LogP contribution >= 0.6 is 11.5 Å². The number of Topliss-reactive ketones (excluding diaryl/α,β-unsaturated/α-hetero) is 2. The van der Waals surface area contributed by atoms with Crippen LogP contribution in [0.3, 0.4) is 0 Å². The van der Waals surface area contributed by atoms with Crippen molar-refractivity contribution in [1.82, 2.24) is 15.0 Å². The van der Waals surface area contributed by atoms with Crippen molar-refractivity contribution in [2.24, 2.45) is 5.92 Å². The Kier molecular flexibility index (Phi) is 7.07. The third kappa shape index (κ3) is 5.71. The van der Waals surface area contributed by atoms with Crippen molar-refractivity contribution in [2.75, 3.05) is 6.54 Å². The molecule has 8 nitrogen and oxygen atoms in total. The average molecular weight is 415 g/mol. The van der Waals surface area contributed by atoms with E-state index in [2.05, 4.69) is 15.0 Å². The molecule has 2 N–H and O–H groups in total. The van der Waals surface area contributed by atoms with Gasteiger partial charge in [0.25, 0.3) is 5.91 Å². The van der Waals surface area contributed by atoms with Crippen molar-refractivity contribution in [3.8, 4) is 0 Å². The highest BCUT2D eigenvalue weighted by Gasteiger charge is 2.33. The molecule has 2 atom stereocenters. The number of carbonyl (C=O) groups excluding carboxylic acids is 4. The summed E-state index contributed by atoms with van der Waals surface area (Å²) in [7, 11) is 0. The number of rotatable bonds is 7. The highest BCUT2D eigenvalue weighted by atomic mass is 32.1. The molecule has 2 amide bonds. The summed E-state index contributed by atoms with van der Waals surface area (Å²) in [5.41, 5.74) is 1.33. The lowest BCUT2D eigenvalue weighted by Crippen LogP contribution is -2.37. The van der Waals surface area contributed by atoms with Gasteiger partial charge in [0.15, 0.2) is 5.78 Å². The zero-order valence-electron chi connectivity index (χ0n) is 15.6. The molecule has 1 aliphatic heterocycles. The van der Waals surface area contributed by atoms with Gasteiger partial charge in [-0.1, -0.05) is 30.3 Å². The Balaban J connectivity index is 1.65. The lowest BCUT2D eigenvalue weighted by atomic mass is 9.90. The first-order chi connectivity index (χ1) is 14.0. The molecule has 0 bridgehead atoms. The molecule has 3 rings (SSSR count). The number of alkyl carbamates (subject to hydrolysis) is 1. The van der Waals surface area contributed by atoms with Gasteiger partial charge < -0.3 is 15.4 Å². The molecule has 0 radical (unpaired) electrons. The van der Waals surface area contributed by atoms with Crippen LogP contribution in [0.5, 0.6) is 0 Å². The molecule has 0 saturated carbocycles. The van der Waals surface area contributed by atoms with E-state index in [9.17, 15) is 19.2 Å². The number of nitrogens with zero attached hydrogens (tertiary/aromatic N) is 1. The van der Waals surface area contributed by atoms with Crippen LogP contribution < -0.4 is 10.6 Å². The normalized spacial score (nSPS) is 17.7. The van der Waals surface area contributed by atoms with Gasteiger partial charge in [0, 0.05) is 36.0 Å². The number of ketones is 2. The van der Waals surface area contributed by atoms with E-state index in [4.69, 9.17) is 4.74 Å². The summed E-state index contributed by atoms with van der Waals surface area (Å²) >= 11 is 1.15. The quantitative estimate of drug-likeness (QED) is 0.670. The van der Waals surface area contributed by atoms with Gasteiger partial charge in [-0.15, -0.1) is 0 Å². The average Bonchev–Trinajstić information content (AvgIpc) is 3.22. The van der Waals surface area contributed by atoms with Gasteiger partial charge in [-0.25, -0.2) is 9.17 Å². The van der Waals surface area contributed by atoms with Gasteiger partial charge in [-0.2, -0.15) is 0 Å². The molecule has 9 heteroatoms. The van der Waals surface area contributed by atoms with E-state index in [0.717, 1.165) is 17.1 Å². The number of benzene rings is 1. The van der Waals surface area contributed by atoms with E-state index in [1.807, 2.05) is 30.3 Å².